The fraction of sp³-hybridized carbons (Fsp3) is 0.750. The SMILES string of the molecule is C=CCC(CN)C(C)C. The van der Waals surface area contributed by atoms with Crippen LogP contribution in [0.15, 0.2) is 12.7 Å². The highest BCUT2D eigenvalue weighted by molar-refractivity contribution is 4.75. The summed E-state index contributed by atoms with van der Waals surface area (Å²) in [6.07, 6.45) is 2.99. The van der Waals surface area contributed by atoms with E-state index in [0.717, 1.165) is 13.0 Å². The van der Waals surface area contributed by atoms with E-state index in [1.54, 1.807) is 0 Å². The quantitative estimate of drug-likeness (QED) is 0.572. The molecule has 0 aromatic heterocycles. The zero-order valence-corrected chi connectivity index (χ0v) is 6.43. The van der Waals surface area contributed by atoms with Gasteiger partial charge in [0.2, 0.25) is 0 Å². The van der Waals surface area contributed by atoms with E-state index >= 15 is 0 Å². The molecule has 0 aliphatic heterocycles. The van der Waals surface area contributed by atoms with Crippen LogP contribution in [-0.4, -0.2) is 6.54 Å². The number of allylic oxidation sites excluding steroid dienone is 1. The first kappa shape index (κ1) is 8.70. The van der Waals surface area contributed by atoms with Crippen molar-refractivity contribution in [1.29, 1.82) is 0 Å². The molecule has 0 aromatic rings. The van der Waals surface area contributed by atoms with E-state index in [1.807, 2.05) is 6.08 Å². The maximum Gasteiger partial charge on any atom is -0.00435 e. The van der Waals surface area contributed by atoms with Crippen molar-refractivity contribution in [1.82, 2.24) is 0 Å². The van der Waals surface area contributed by atoms with Crippen molar-refractivity contribution in [2.24, 2.45) is 17.6 Å². The Morgan fingerprint density at radius 3 is 2.22 bits per heavy atom. The largest absolute Gasteiger partial charge is 0.330 e. The summed E-state index contributed by atoms with van der Waals surface area (Å²) in [5, 5.41) is 0. The highest BCUT2D eigenvalue weighted by Gasteiger charge is 2.07. The molecule has 0 aliphatic carbocycles. The van der Waals surface area contributed by atoms with Crippen LogP contribution in [0.5, 0.6) is 0 Å². The number of hydrogen-bond donors (Lipinski definition) is 1. The summed E-state index contributed by atoms with van der Waals surface area (Å²) in [6, 6.07) is 0. The van der Waals surface area contributed by atoms with Gasteiger partial charge in [-0.1, -0.05) is 19.9 Å². The minimum Gasteiger partial charge on any atom is -0.330 e. The van der Waals surface area contributed by atoms with Crippen LogP contribution in [0.4, 0.5) is 0 Å². The van der Waals surface area contributed by atoms with E-state index in [1.165, 1.54) is 0 Å². The third kappa shape index (κ3) is 3.31. The highest BCUT2D eigenvalue weighted by atomic mass is 14.5. The van der Waals surface area contributed by atoms with Gasteiger partial charge in [-0.2, -0.15) is 0 Å². The normalized spacial score (nSPS) is 13.8. The van der Waals surface area contributed by atoms with Gasteiger partial charge in [0, 0.05) is 0 Å². The average molecular weight is 127 g/mol. The third-order valence-electron chi connectivity index (χ3n) is 1.71. The maximum atomic E-state index is 5.51. The number of rotatable bonds is 4. The Morgan fingerprint density at radius 1 is 1.56 bits per heavy atom. The van der Waals surface area contributed by atoms with Crippen molar-refractivity contribution in [2.45, 2.75) is 20.3 Å². The lowest BCUT2D eigenvalue weighted by Crippen LogP contribution is -2.18. The van der Waals surface area contributed by atoms with Crippen LogP contribution in [0.2, 0.25) is 0 Å². The van der Waals surface area contributed by atoms with Crippen molar-refractivity contribution >= 4 is 0 Å². The second kappa shape index (κ2) is 4.57. The van der Waals surface area contributed by atoms with E-state index in [4.69, 9.17) is 5.73 Å². The minimum atomic E-state index is 0.627. The molecule has 9 heavy (non-hydrogen) atoms. The Morgan fingerprint density at radius 2 is 2.11 bits per heavy atom. The molecule has 1 atom stereocenters. The molecular formula is C8H17N. The second-order valence-corrected chi connectivity index (χ2v) is 2.76. The van der Waals surface area contributed by atoms with Gasteiger partial charge in [0.05, 0.1) is 0 Å². The summed E-state index contributed by atoms with van der Waals surface area (Å²) in [5.41, 5.74) is 5.51. The number of hydrogen-bond acceptors (Lipinski definition) is 1. The standard InChI is InChI=1S/C8H17N/c1-4-5-8(6-9)7(2)3/h4,7-8H,1,5-6,9H2,2-3H3. The Kier molecular flexibility index (Phi) is 4.41. The monoisotopic (exact) mass is 127 g/mol. The summed E-state index contributed by atoms with van der Waals surface area (Å²) in [4.78, 5) is 0. The summed E-state index contributed by atoms with van der Waals surface area (Å²) in [5.74, 6) is 1.32. The Balaban J connectivity index is 3.53. The smallest absolute Gasteiger partial charge is 0.00435 e. The molecule has 0 radical (unpaired) electrons. The van der Waals surface area contributed by atoms with E-state index < -0.39 is 0 Å². The molecule has 0 bridgehead atoms. The van der Waals surface area contributed by atoms with Gasteiger partial charge in [0.1, 0.15) is 0 Å². The van der Waals surface area contributed by atoms with Crippen molar-refractivity contribution in [2.75, 3.05) is 6.54 Å². The first-order valence-corrected chi connectivity index (χ1v) is 3.53. The Labute approximate surface area is 57.9 Å². The van der Waals surface area contributed by atoms with Crippen LogP contribution in [0, 0.1) is 11.8 Å². The summed E-state index contributed by atoms with van der Waals surface area (Å²) < 4.78 is 0. The van der Waals surface area contributed by atoms with Crippen molar-refractivity contribution in [3.05, 3.63) is 12.7 Å². The van der Waals surface area contributed by atoms with Gasteiger partial charge in [0.15, 0.2) is 0 Å². The fourth-order valence-corrected chi connectivity index (χ4v) is 0.855. The lowest BCUT2D eigenvalue weighted by molar-refractivity contribution is 0.398. The van der Waals surface area contributed by atoms with Crippen LogP contribution >= 0.6 is 0 Å². The van der Waals surface area contributed by atoms with Crippen molar-refractivity contribution < 1.29 is 0 Å². The van der Waals surface area contributed by atoms with Gasteiger partial charge in [0.25, 0.3) is 0 Å². The Hall–Kier alpha value is -0.300. The third-order valence-corrected chi connectivity index (χ3v) is 1.71. The molecule has 1 unspecified atom stereocenters. The average Bonchev–Trinajstić information content (AvgIpc) is 1.82. The molecule has 0 amide bonds. The molecule has 2 N–H and O–H groups in total. The van der Waals surface area contributed by atoms with Crippen molar-refractivity contribution in [3.8, 4) is 0 Å². The van der Waals surface area contributed by atoms with Gasteiger partial charge >= 0.3 is 0 Å². The van der Waals surface area contributed by atoms with E-state index in [-0.39, 0.29) is 0 Å². The van der Waals surface area contributed by atoms with Crippen LogP contribution in [-0.2, 0) is 0 Å². The predicted octanol–water partition coefficient (Wildman–Crippen LogP) is 1.79. The van der Waals surface area contributed by atoms with Crippen LogP contribution in [0.3, 0.4) is 0 Å². The Bertz CT molecular complexity index is 76.6. The minimum absolute atomic E-state index is 0.627. The zero-order chi connectivity index (χ0) is 7.28. The molecule has 0 saturated carbocycles. The molecule has 1 nitrogen and oxygen atoms in total. The summed E-state index contributed by atoms with van der Waals surface area (Å²) in [7, 11) is 0. The maximum absolute atomic E-state index is 5.51. The van der Waals surface area contributed by atoms with E-state index in [2.05, 4.69) is 20.4 Å². The summed E-state index contributed by atoms with van der Waals surface area (Å²) in [6.45, 7) is 8.85. The highest BCUT2D eigenvalue weighted by Crippen LogP contribution is 2.12. The van der Waals surface area contributed by atoms with E-state index in [0.29, 0.717) is 11.8 Å². The molecule has 0 rings (SSSR count). The molecule has 0 heterocycles. The van der Waals surface area contributed by atoms with Crippen LogP contribution in [0.1, 0.15) is 20.3 Å². The van der Waals surface area contributed by atoms with Gasteiger partial charge in [-0.25, -0.2) is 0 Å². The molecule has 0 spiro atoms. The summed E-state index contributed by atoms with van der Waals surface area (Å²) >= 11 is 0. The lowest BCUT2D eigenvalue weighted by atomic mass is 9.93. The van der Waals surface area contributed by atoms with Gasteiger partial charge in [-0.05, 0) is 24.8 Å². The van der Waals surface area contributed by atoms with E-state index in [9.17, 15) is 0 Å². The topological polar surface area (TPSA) is 26.0 Å². The first-order valence-electron chi connectivity index (χ1n) is 3.53. The second-order valence-electron chi connectivity index (χ2n) is 2.76. The number of nitrogens with two attached hydrogens (primary N) is 1. The lowest BCUT2D eigenvalue weighted by Gasteiger charge is -2.15. The van der Waals surface area contributed by atoms with Crippen LogP contribution < -0.4 is 5.73 Å². The molecule has 0 aliphatic rings. The molecule has 0 saturated heterocycles. The molecule has 0 aromatic carbocycles. The zero-order valence-electron chi connectivity index (χ0n) is 6.43. The molecule has 54 valence electrons. The van der Waals surface area contributed by atoms with Gasteiger partial charge in [-0.15, -0.1) is 6.58 Å². The molecule has 0 fully saturated rings. The first-order chi connectivity index (χ1) is 4.22. The molecular weight excluding hydrogens is 110 g/mol. The van der Waals surface area contributed by atoms with Gasteiger partial charge in [-0.3, -0.25) is 0 Å². The van der Waals surface area contributed by atoms with Crippen molar-refractivity contribution in [3.63, 3.8) is 0 Å². The van der Waals surface area contributed by atoms with Crippen LogP contribution in [0.25, 0.3) is 0 Å². The fourth-order valence-electron chi connectivity index (χ4n) is 0.855. The molecule has 1 heteroatoms. The van der Waals surface area contributed by atoms with Gasteiger partial charge < -0.3 is 5.73 Å². The predicted molar refractivity (Wildman–Crippen MR) is 42.2 cm³/mol.